The number of thiazole rings is 2. The van der Waals surface area contributed by atoms with Gasteiger partial charge in [0, 0.05) is 29.7 Å². The molecule has 1 aliphatic carbocycles. The van der Waals surface area contributed by atoms with E-state index in [0.717, 1.165) is 17.8 Å². The molecule has 0 bridgehead atoms. The SMILES string of the molecule is CN(Cc1nc2c(s1)CCCC2)C(=O)c1cnc2sccn2c1=O. The molecule has 0 atom stereocenters. The van der Waals surface area contributed by atoms with Crippen molar-refractivity contribution in [2.24, 2.45) is 0 Å². The summed E-state index contributed by atoms with van der Waals surface area (Å²) in [6, 6.07) is 0. The van der Waals surface area contributed by atoms with Gasteiger partial charge in [-0.1, -0.05) is 0 Å². The van der Waals surface area contributed by atoms with Gasteiger partial charge < -0.3 is 4.90 Å². The summed E-state index contributed by atoms with van der Waals surface area (Å²) in [5.41, 5.74) is 0.954. The van der Waals surface area contributed by atoms with Gasteiger partial charge in [0.05, 0.1) is 12.2 Å². The highest BCUT2D eigenvalue weighted by atomic mass is 32.1. The molecule has 3 aromatic heterocycles. The molecule has 0 aromatic carbocycles. The summed E-state index contributed by atoms with van der Waals surface area (Å²) in [5.74, 6) is -0.318. The monoisotopic (exact) mass is 360 g/mol. The van der Waals surface area contributed by atoms with Crippen molar-refractivity contribution < 1.29 is 4.79 Å². The molecule has 3 heterocycles. The number of fused-ring (bicyclic) bond motifs is 2. The van der Waals surface area contributed by atoms with Crippen LogP contribution in [0.1, 0.15) is 38.8 Å². The lowest BCUT2D eigenvalue weighted by Gasteiger charge is -2.15. The summed E-state index contributed by atoms with van der Waals surface area (Å²) in [6.45, 7) is 0.419. The van der Waals surface area contributed by atoms with Crippen molar-refractivity contribution in [3.05, 3.63) is 49.3 Å². The van der Waals surface area contributed by atoms with Gasteiger partial charge in [-0.15, -0.1) is 22.7 Å². The maximum Gasteiger partial charge on any atom is 0.271 e. The van der Waals surface area contributed by atoms with Crippen molar-refractivity contribution in [1.29, 1.82) is 0 Å². The number of aromatic nitrogens is 3. The lowest BCUT2D eigenvalue weighted by Crippen LogP contribution is -2.32. The maximum absolute atomic E-state index is 12.6. The summed E-state index contributed by atoms with van der Waals surface area (Å²) in [6.07, 6.45) is 7.54. The summed E-state index contributed by atoms with van der Waals surface area (Å²) in [7, 11) is 1.70. The first-order valence-corrected chi connectivity index (χ1v) is 9.51. The van der Waals surface area contributed by atoms with Gasteiger partial charge in [-0.05, 0) is 25.7 Å². The van der Waals surface area contributed by atoms with Crippen LogP contribution in [0.2, 0.25) is 0 Å². The van der Waals surface area contributed by atoms with E-state index in [-0.39, 0.29) is 17.0 Å². The van der Waals surface area contributed by atoms with E-state index in [1.807, 2.05) is 0 Å². The molecule has 0 spiro atoms. The number of amides is 1. The van der Waals surface area contributed by atoms with E-state index in [4.69, 9.17) is 0 Å². The van der Waals surface area contributed by atoms with E-state index >= 15 is 0 Å². The van der Waals surface area contributed by atoms with Crippen molar-refractivity contribution in [2.45, 2.75) is 32.2 Å². The first-order valence-electron chi connectivity index (χ1n) is 7.81. The number of carbonyl (C=O) groups is 1. The Bertz CT molecular complexity index is 949. The van der Waals surface area contributed by atoms with Gasteiger partial charge in [0.25, 0.3) is 11.5 Å². The highest BCUT2D eigenvalue weighted by Gasteiger charge is 2.21. The number of hydrogen-bond acceptors (Lipinski definition) is 6. The van der Waals surface area contributed by atoms with E-state index in [1.54, 1.807) is 34.9 Å². The van der Waals surface area contributed by atoms with E-state index in [9.17, 15) is 9.59 Å². The summed E-state index contributed by atoms with van der Waals surface area (Å²) in [5, 5.41) is 2.71. The van der Waals surface area contributed by atoms with Crippen molar-refractivity contribution in [2.75, 3.05) is 7.05 Å². The quantitative estimate of drug-likeness (QED) is 0.719. The van der Waals surface area contributed by atoms with Crippen LogP contribution < -0.4 is 5.56 Å². The summed E-state index contributed by atoms with van der Waals surface area (Å²) in [4.78, 5) is 37.4. The molecule has 3 aromatic rings. The van der Waals surface area contributed by atoms with Gasteiger partial charge in [-0.25, -0.2) is 9.97 Å². The van der Waals surface area contributed by atoms with Crippen molar-refractivity contribution in [3.63, 3.8) is 0 Å². The minimum Gasteiger partial charge on any atom is -0.335 e. The standard InChI is InChI=1S/C16H16N4O2S2/c1-19(9-13-18-11-4-2-3-5-12(11)24-13)14(21)10-8-17-16-20(15(10)22)6-7-23-16/h6-8H,2-5,9H2,1H3. The van der Waals surface area contributed by atoms with E-state index in [2.05, 4.69) is 9.97 Å². The number of aryl methyl sites for hydroxylation is 2. The average molecular weight is 360 g/mol. The molecule has 0 saturated heterocycles. The number of carbonyl (C=O) groups excluding carboxylic acids is 1. The van der Waals surface area contributed by atoms with E-state index < -0.39 is 0 Å². The zero-order valence-electron chi connectivity index (χ0n) is 13.2. The van der Waals surface area contributed by atoms with Gasteiger partial charge in [0.1, 0.15) is 10.6 Å². The highest BCUT2D eigenvalue weighted by molar-refractivity contribution is 7.15. The first kappa shape index (κ1) is 15.5. The topological polar surface area (TPSA) is 67.6 Å². The van der Waals surface area contributed by atoms with Gasteiger partial charge in [-0.2, -0.15) is 0 Å². The minimum atomic E-state index is -0.323. The zero-order valence-corrected chi connectivity index (χ0v) is 14.8. The Hall–Kier alpha value is -2.06. The van der Waals surface area contributed by atoms with Crippen LogP contribution in [0, 0.1) is 0 Å². The predicted molar refractivity (Wildman–Crippen MR) is 93.9 cm³/mol. The molecule has 4 rings (SSSR count). The zero-order chi connectivity index (χ0) is 16.7. The minimum absolute atomic E-state index is 0.0923. The molecule has 124 valence electrons. The third kappa shape index (κ3) is 2.65. The second-order valence-electron chi connectivity index (χ2n) is 5.88. The Morgan fingerprint density at radius 2 is 2.21 bits per heavy atom. The molecule has 1 aliphatic rings. The van der Waals surface area contributed by atoms with Crippen LogP contribution >= 0.6 is 22.7 Å². The molecular formula is C16H16N4O2S2. The maximum atomic E-state index is 12.6. The van der Waals surface area contributed by atoms with Crippen LogP contribution in [0.4, 0.5) is 0 Å². The normalized spacial score (nSPS) is 13.9. The van der Waals surface area contributed by atoms with Gasteiger partial charge in [0.15, 0.2) is 4.96 Å². The Labute approximate surface area is 146 Å². The molecule has 6 nitrogen and oxygen atoms in total. The van der Waals surface area contributed by atoms with Crippen LogP contribution in [0.15, 0.2) is 22.6 Å². The fraction of sp³-hybridized carbons (Fsp3) is 0.375. The van der Waals surface area contributed by atoms with Gasteiger partial charge in [0.2, 0.25) is 0 Å². The second kappa shape index (κ2) is 6.10. The molecule has 24 heavy (non-hydrogen) atoms. The predicted octanol–water partition coefficient (Wildman–Crippen LogP) is 2.36. The molecule has 0 aliphatic heterocycles. The Balaban J connectivity index is 1.58. The van der Waals surface area contributed by atoms with Crippen LogP contribution in [-0.2, 0) is 19.4 Å². The molecule has 8 heteroatoms. The molecule has 0 saturated carbocycles. The van der Waals surface area contributed by atoms with Crippen molar-refractivity contribution >= 4 is 33.5 Å². The summed E-state index contributed by atoms with van der Waals surface area (Å²) >= 11 is 3.05. The molecule has 0 radical (unpaired) electrons. The van der Waals surface area contributed by atoms with Crippen LogP contribution in [0.25, 0.3) is 4.96 Å². The van der Waals surface area contributed by atoms with E-state index in [0.29, 0.717) is 11.5 Å². The largest absolute Gasteiger partial charge is 0.335 e. The number of nitrogens with zero attached hydrogens (tertiary/aromatic N) is 4. The van der Waals surface area contributed by atoms with Crippen molar-refractivity contribution in [1.82, 2.24) is 19.3 Å². The third-order valence-electron chi connectivity index (χ3n) is 4.18. The third-order valence-corrected chi connectivity index (χ3v) is 6.10. The molecule has 1 amide bonds. The van der Waals surface area contributed by atoms with E-state index in [1.165, 1.54) is 45.3 Å². The van der Waals surface area contributed by atoms with Crippen LogP contribution in [0.3, 0.4) is 0 Å². The van der Waals surface area contributed by atoms with Crippen LogP contribution in [0.5, 0.6) is 0 Å². The molecule has 0 N–H and O–H groups in total. The lowest BCUT2D eigenvalue weighted by molar-refractivity contribution is 0.0782. The first-order chi connectivity index (χ1) is 11.6. The average Bonchev–Trinajstić information content (AvgIpc) is 3.20. The highest BCUT2D eigenvalue weighted by Crippen LogP contribution is 2.27. The van der Waals surface area contributed by atoms with Crippen LogP contribution in [-0.4, -0.2) is 32.2 Å². The Morgan fingerprint density at radius 3 is 3.04 bits per heavy atom. The Morgan fingerprint density at radius 1 is 1.38 bits per heavy atom. The summed E-state index contributed by atoms with van der Waals surface area (Å²) < 4.78 is 1.41. The fourth-order valence-corrected chi connectivity index (χ4v) is 4.81. The molecular weight excluding hydrogens is 344 g/mol. The number of rotatable bonds is 3. The Kier molecular flexibility index (Phi) is 3.93. The molecule has 0 unspecified atom stereocenters. The molecule has 0 fully saturated rings. The number of hydrogen-bond donors (Lipinski definition) is 0. The van der Waals surface area contributed by atoms with Gasteiger partial charge >= 0.3 is 0 Å². The second-order valence-corrected chi connectivity index (χ2v) is 7.92. The fourth-order valence-electron chi connectivity index (χ4n) is 2.92. The van der Waals surface area contributed by atoms with Gasteiger partial charge in [-0.3, -0.25) is 14.0 Å². The van der Waals surface area contributed by atoms with Crippen molar-refractivity contribution in [3.8, 4) is 0 Å². The smallest absolute Gasteiger partial charge is 0.271 e. The lowest BCUT2D eigenvalue weighted by atomic mass is 10.0.